The number of benzene rings is 2. The number of ether oxygens (including phenoxy) is 1. The fourth-order valence-electron chi connectivity index (χ4n) is 2.75. The van der Waals surface area contributed by atoms with Crippen LogP contribution in [0.3, 0.4) is 0 Å². The topological polar surface area (TPSA) is 49.9 Å². The van der Waals surface area contributed by atoms with Gasteiger partial charge in [-0.25, -0.2) is 8.42 Å². The number of nitrogens with zero attached hydrogens (tertiary/aromatic N) is 2. The van der Waals surface area contributed by atoms with Crippen LogP contribution in [0.2, 0.25) is 0 Å². The van der Waals surface area contributed by atoms with Gasteiger partial charge in [0.1, 0.15) is 0 Å². The summed E-state index contributed by atoms with van der Waals surface area (Å²) in [6.07, 6.45) is 0. The van der Waals surface area contributed by atoms with E-state index in [0.717, 1.165) is 37.6 Å². The van der Waals surface area contributed by atoms with Crippen molar-refractivity contribution in [1.82, 2.24) is 4.31 Å². The van der Waals surface area contributed by atoms with E-state index in [9.17, 15) is 8.42 Å². The standard InChI is InChI=1S/C18H22N2O3S/c1-19(24(21,22)18-5-3-2-4-6-18)15-16-7-9-17(10-8-16)20-11-13-23-14-12-20/h2-10H,11-15H2,1H3. The van der Waals surface area contributed by atoms with E-state index in [-0.39, 0.29) is 0 Å². The summed E-state index contributed by atoms with van der Waals surface area (Å²) in [6.45, 7) is 3.63. The molecule has 128 valence electrons. The number of sulfonamides is 1. The van der Waals surface area contributed by atoms with E-state index in [2.05, 4.69) is 4.90 Å². The van der Waals surface area contributed by atoms with Crippen LogP contribution in [-0.2, 0) is 21.3 Å². The summed E-state index contributed by atoms with van der Waals surface area (Å²) < 4.78 is 31.9. The summed E-state index contributed by atoms with van der Waals surface area (Å²) in [7, 11) is -1.85. The van der Waals surface area contributed by atoms with Gasteiger partial charge in [-0.2, -0.15) is 4.31 Å². The predicted octanol–water partition coefficient (Wildman–Crippen LogP) is 2.34. The van der Waals surface area contributed by atoms with E-state index in [1.165, 1.54) is 4.31 Å². The monoisotopic (exact) mass is 346 g/mol. The minimum absolute atomic E-state index is 0.317. The molecule has 0 atom stereocenters. The van der Waals surface area contributed by atoms with E-state index in [4.69, 9.17) is 4.74 Å². The van der Waals surface area contributed by atoms with Gasteiger partial charge in [-0.3, -0.25) is 0 Å². The van der Waals surface area contributed by atoms with Gasteiger partial charge in [0.2, 0.25) is 10.0 Å². The van der Waals surface area contributed by atoms with E-state index in [1.54, 1.807) is 31.3 Å². The first-order chi connectivity index (χ1) is 11.6. The number of hydrogen-bond donors (Lipinski definition) is 0. The van der Waals surface area contributed by atoms with Gasteiger partial charge < -0.3 is 9.64 Å². The van der Waals surface area contributed by atoms with Crippen molar-refractivity contribution in [2.24, 2.45) is 0 Å². The van der Waals surface area contributed by atoms with Crippen molar-refractivity contribution in [3.05, 3.63) is 60.2 Å². The number of morpholine rings is 1. The van der Waals surface area contributed by atoms with Crippen LogP contribution in [0, 0.1) is 0 Å². The Morgan fingerprint density at radius 1 is 1.00 bits per heavy atom. The quantitative estimate of drug-likeness (QED) is 0.834. The molecule has 0 amide bonds. The van der Waals surface area contributed by atoms with Crippen LogP contribution in [0.4, 0.5) is 5.69 Å². The maximum absolute atomic E-state index is 12.6. The zero-order valence-corrected chi connectivity index (χ0v) is 14.6. The Morgan fingerprint density at radius 2 is 1.62 bits per heavy atom. The van der Waals surface area contributed by atoms with Gasteiger partial charge in [0.15, 0.2) is 0 Å². The molecule has 2 aromatic rings. The minimum atomic E-state index is -3.46. The maximum Gasteiger partial charge on any atom is 0.243 e. The summed E-state index contributed by atoms with van der Waals surface area (Å²) in [4.78, 5) is 2.59. The second-order valence-electron chi connectivity index (χ2n) is 5.84. The molecule has 1 aliphatic heterocycles. The second kappa shape index (κ2) is 7.34. The van der Waals surface area contributed by atoms with Crippen molar-refractivity contribution in [2.45, 2.75) is 11.4 Å². The molecule has 0 spiro atoms. The molecule has 1 saturated heterocycles. The molecule has 0 aromatic heterocycles. The number of anilines is 1. The zero-order valence-electron chi connectivity index (χ0n) is 13.8. The lowest BCUT2D eigenvalue weighted by Crippen LogP contribution is -2.36. The lowest BCUT2D eigenvalue weighted by molar-refractivity contribution is 0.122. The van der Waals surface area contributed by atoms with Crippen LogP contribution in [0.15, 0.2) is 59.5 Å². The maximum atomic E-state index is 12.6. The summed E-state index contributed by atoms with van der Waals surface area (Å²) in [6, 6.07) is 16.6. The molecule has 0 bridgehead atoms. The molecular formula is C18H22N2O3S. The summed E-state index contributed by atoms with van der Waals surface area (Å²) in [5, 5.41) is 0. The smallest absolute Gasteiger partial charge is 0.243 e. The van der Waals surface area contributed by atoms with Gasteiger partial charge in [0.05, 0.1) is 18.1 Å². The lowest BCUT2D eigenvalue weighted by atomic mass is 10.2. The van der Waals surface area contributed by atoms with Gasteiger partial charge in [-0.1, -0.05) is 30.3 Å². The molecule has 0 aliphatic carbocycles. The first kappa shape index (κ1) is 17.0. The molecule has 5 nitrogen and oxygen atoms in total. The molecular weight excluding hydrogens is 324 g/mol. The molecule has 3 rings (SSSR count). The van der Waals surface area contributed by atoms with Crippen LogP contribution in [-0.4, -0.2) is 46.1 Å². The summed E-state index contributed by atoms with van der Waals surface area (Å²) in [5.41, 5.74) is 2.12. The Kier molecular flexibility index (Phi) is 5.18. The van der Waals surface area contributed by atoms with Crippen molar-refractivity contribution < 1.29 is 13.2 Å². The Labute approximate surface area is 143 Å². The van der Waals surface area contributed by atoms with Crippen molar-refractivity contribution in [1.29, 1.82) is 0 Å². The van der Waals surface area contributed by atoms with Gasteiger partial charge in [0, 0.05) is 32.4 Å². The fourth-order valence-corrected chi connectivity index (χ4v) is 3.93. The Bertz CT molecular complexity index is 755. The van der Waals surface area contributed by atoms with Crippen LogP contribution in [0.25, 0.3) is 0 Å². The molecule has 6 heteroatoms. The highest BCUT2D eigenvalue weighted by molar-refractivity contribution is 7.89. The Balaban J connectivity index is 1.69. The second-order valence-corrected chi connectivity index (χ2v) is 7.88. The average Bonchev–Trinajstić information content (AvgIpc) is 2.64. The molecule has 1 fully saturated rings. The van der Waals surface area contributed by atoms with Crippen molar-refractivity contribution in [3.8, 4) is 0 Å². The van der Waals surface area contributed by atoms with Crippen LogP contribution < -0.4 is 4.90 Å². The molecule has 0 saturated carbocycles. The average molecular weight is 346 g/mol. The van der Waals surface area contributed by atoms with Crippen molar-refractivity contribution in [2.75, 3.05) is 38.3 Å². The van der Waals surface area contributed by atoms with Crippen molar-refractivity contribution in [3.63, 3.8) is 0 Å². The van der Waals surface area contributed by atoms with E-state index < -0.39 is 10.0 Å². The van der Waals surface area contributed by atoms with Gasteiger partial charge in [-0.05, 0) is 29.8 Å². The molecule has 2 aromatic carbocycles. The predicted molar refractivity (Wildman–Crippen MR) is 94.6 cm³/mol. The molecule has 0 radical (unpaired) electrons. The summed E-state index contributed by atoms with van der Waals surface area (Å²) >= 11 is 0. The highest BCUT2D eigenvalue weighted by Crippen LogP contribution is 2.20. The molecule has 0 unspecified atom stereocenters. The zero-order chi connectivity index (χ0) is 17.0. The lowest BCUT2D eigenvalue weighted by Gasteiger charge is -2.29. The third kappa shape index (κ3) is 3.77. The molecule has 1 heterocycles. The summed E-state index contributed by atoms with van der Waals surface area (Å²) in [5.74, 6) is 0. The van der Waals surface area contributed by atoms with Crippen LogP contribution in [0.5, 0.6) is 0 Å². The third-order valence-corrected chi connectivity index (χ3v) is 5.99. The first-order valence-electron chi connectivity index (χ1n) is 8.00. The van der Waals surface area contributed by atoms with Gasteiger partial charge >= 0.3 is 0 Å². The SMILES string of the molecule is CN(Cc1ccc(N2CCOCC2)cc1)S(=O)(=O)c1ccccc1. The molecule has 24 heavy (non-hydrogen) atoms. The van der Waals surface area contributed by atoms with E-state index in [0.29, 0.717) is 11.4 Å². The normalized spacial score (nSPS) is 15.7. The van der Waals surface area contributed by atoms with E-state index in [1.807, 2.05) is 30.3 Å². The third-order valence-electron chi connectivity index (χ3n) is 4.17. The highest BCUT2D eigenvalue weighted by Gasteiger charge is 2.20. The van der Waals surface area contributed by atoms with Crippen LogP contribution >= 0.6 is 0 Å². The molecule has 0 N–H and O–H groups in total. The Morgan fingerprint density at radius 3 is 2.25 bits per heavy atom. The fraction of sp³-hybridized carbons (Fsp3) is 0.333. The van der Waals surface area contributed by atoms with Gasteiger partial charge in [0.25, 0.3) is 0 Å². The van der Waals surface area contributed by atoms with E-state index >= 15 is 0 Å². The Hall–Kier alpha value is -1.89. The highest BCUT2D eigenvalue weighted by atomic mass is 32.2. The molecule has 1 aliphatic rings. The largest absolute Gasteiger partial charge is 0.378 e. The van der Waals surface area contributed by atoms with Crippen LogP contribution in [0.1, 0.15) is 5.56 Å². The van der Waals surface area contributed by atoms with Crippen molar-refractivity contribution >= 4 is 15.7 Å². The van der Waals surface area contributed by atoms with Gasteiger partial charge in [-0.15, -0.1) is 0 Å². The number of hydrogen-bond acceptors (Lipinski definition) is 4. The first-order valence-corrected chi connectivity index (χ1v) is 9.44. The minimum Gasteiger partial charge on any atom is -0.378 e. The number of rotatable bonds is 5.